The smallest absolute Gasteiger partial charge is 0.293 e. The number of rotatable bonds is 4. The van der Waals surface area contributed by atoms with Crippen molar-refractivity contribution in [3.63, 3.8) is 0 Å². The molecule has 7 heteroatoms. The predicted octanol–water partition coefficient (Wildman–Crippen LogP) is 1.67. The molecular formula is C13H18ClNO4S. The largest absolute Gasteiger partial charge is 0.463 e. The molecule has 1 saturated heterocycles. The number of hydrogen-bond donors (Lipinski definition) is 1. The Morgan fingerprint density at radius 3 is 2.30 bits per heavy atom. The van der Waals surface area contributed by atoms with Crippen LogP contribution in [-0.4, -0.2) is 33.2 Å². The van der Waals surface area contributed by atoms with Gasteiger partial charge in [-0.3, -0.25) is 4.79 Å². The third-order valence-corrected chi connectivity index (χ3v) is 4.87. The van der Waals surface area contributed by atoms with E-state index in [-0.39, 0.29) is 5.25 Å². The van der Waals surface area contributed by atoms with Crippen molar-refractivity contribution in [3.8, 4) is 0 Å². The highest BCUT2D eigenvalue weighted by Crippen LogP contribution is 2.16. The molecule has 0 atom stereocenters. The molecule has 0 saturated carbocycles. The first-order valence-electron chi connectivity index (χ1n) is 6.27. The van der Waals surface area contributed by atoms with Crippen LogP contribution < -0.4 is 5.32 Å². The molecule has 1 aliphatic rings. The second-order valence-corrected chi connectivity index (χ2v) is 7.23. The minimum atomic E-state index is -3.29. The highest BCUT2D eigenvalue weighted by molar-refractivity contribution is 8.14. The van der Waals surface area contributed by atoms with Gasteiger partial charge in [0.1, 0.15) is 6.61 Å². The third kappa shape index (κ3) is 6.88. The topological polar surface area (TPSA) is 72.5 Å². The van der Waals surface area contributed by atoms with Crippen molar-refractivity contribution in [1.82, 2.24) is 5.32 Å². The average molecular weight is 320 g/mol. The summed E-state index contributed by atoms with van der Waals surface area (Å²) >= 11 is 0. The summed E-state index contributed by atoms with van der Waals surface area (Å²) in [5, 5.41) is 2.74. The Balaban J connectivity index is 0.000000200. The van der Waals surface area contributed by atoms with Crippen LogP contribution in [0.25, 0.3) is 0 Å². The van der Waals surface area contributed by atoms with Crippen molar-refractivity contribution in [1.29, 1.82) is 0 Å². The van der Waals surface area contributed by atoms with Crippen molar-refractivity contribution in [2.24, 2.45) is 0 Å². The lowest BCUT2D eigenvalue weighted by molar-refractivity contribution is -0.129. The standard InChI is InChI=1S/C8H8O2.C5H10ClNO2S/c9-7-10-6-8-4-2-1-3-5-8;6-10(8,9)5-1-3-7-4-2-5/h1-5,7H,6H2;5,7H,1-4H2. The van der Waals surface area contributed by atoms with Crippen molar-refractivity contribution in [2.45, 2.75) is 24.7 Å². The first-order valence-corrected chi connectivity index (χ1v) is 8.64. The van der Waals surface area contributed by atoms with Gasteiger partial charge in [-0.25, -0.2) is 8.42 Å². The van der Waals surface area contributed by atoms with Crippen LogP contribution in [-0.2, 0) is 25.2 Å². The van der Waals surface area contributed by atoms with Gasteiger partial charge in [-0.2, -0.15) is 0 Å². The Labute approximate surface area is 123 Å². The minimum absolute atomic E-state index is 0.324. The van der Waals surface area contributed by atoms with Crippen LogP contribution in [0.5, 0.6) is 0 Å². The van der Waals surface area contributed by atoms with Gasteiger partial charge in [-0.05, 0) is 31.5 Å². The highest BCUT2D eigenvalue weighted by Gasteiger charge is 2.24. The lowest BCUT2D eigenvalue weighted by Crippen LogP contribution is -2.33. The van der Waals surface area contributed by atoms with Gasteiger partial charge in [0.05, 0.1) is 5.25 Å². The van der Waals surface area contributed by atoms with E-state index < -0.39 is 9.05 Å². The maximum Gasteiger partial charge on any atom is 0.293 e. The van der Waals surface area contributed by atoms with Crippen LogP contribution in [0.3, 0.4) is 0 Å². The Kier molecular flexibility index (Phi) is 7.58. The van der Waals surface area contributed by atoms with Crippen LogP contribution in [0.4, 0.5) is 0 Å². The number of halogens is 1. The summed E-state index contributed by atoms with van der Waals surface area (Å²) in [4.78, 5) is 9.76. The molecule has 2 rings (SSSR count). The zero-order chi connectivity index (χ0) is 14.8. The molecule has 0 bridgehead atoms. The summed E-state index contributed by atoms with van der Waals surface area (Å²) in [6.07, 6.45) is 1.29. The van der Waals surface area contributed by atoms with Crippen LogP contribution in [0.1, 0.15) is 18.4 Å². The Morgan fingerprint density at radius 1 is 1.25 bits per heavy atom. The second-order valence-electron chi connectivity index (χ2n) is 4.32. The SMILES string of the molecule is O=COCc1ccccc1.O=S(=O)(Cl)C1CCNCC1. The maximum atomic E-state index is 10.7. The number of carbonyl (C=O) groups is 1. The lowest BCUT2D eigenvalue weighted by atomic mass is 10.2. The molecular weight excluding hydrogens is 302 g/mol. The first kappa shape index (κ1) is 16.9. The van der Waals surface area contributed by atoms with E-state index in [9.17, 15) is 13.2 Å². The molecule has 0 radical (unpaired) electrons. The van der Waals surface area contributed by atoms with Crippen molar-refractivity contribution in [3.05, 3.63) is 35.9 Å². The first-order chi connectivity index (χ1) is 9.54. The molecule has 1 fully saturated rings. The van der Waals surface area contributed by atoms with E-state index in [1.165, 1.54) is 0 Å². The average Bonchev–Trinajstić information content (AvgIpc) is 2.47. The highest BCUT2D eigenvalue weighted by atomic mass is 35.7. The van der Waals surface area contributed by atoms with Gasteiger partial charge in [-0.1, -0.05) is 30.3 Å². The maximum absolute atomic E-state index is 10.7. The van der Waals surface area contributed by atoms with Crippen molar-refractivity contribution < 1.29 is 17.9 Å². The van der Waals surface area contributed by atoms with Crippen LogP contribution in [0, 0.1) is 0 Å². The van der Waals surface area contributed by atoms with E-state index in [4.69, 9.17) is 10.7 Å². The van der Waals surface area contributed by atoms with Gasteiger partial charge in [0.2, 0.25) is 9.05 Å². The molecule has 0 amide bonds. The molecule has 1 N–H and O–H groups in total. The molecule has 1 aromatic rings. The van der Waals surface area contributed by atoms with Crippen LogP contribution >= 0.6 is 10.7 Å². The number of benzene rings is 1. The second kappa shape index (κ2) is 8.94. The molecule has 20 heavy (non-hydrogen) atoms. The monoisotopic (exact) mass is 319 g/mol. The molecule has 112 valence electrons. The molecule has 5 nitrogen and oxygen atoms in total. The molecule has 0 spiro atoms. The van der Waals surface area contributed by atoms with Gasteiger partial charge >= 0.3 is 0 Å². The summed E-state index contributed by atoms with van der Waals surface area (Å²) in [5.74, 6) is 0. The summed E-state index contributed by atoms with van der Waals surface area (Å²) < 4.78 is 26.0. The third-order valence-electron chi connectivity index (χ3n) is 2.85. The fraction of sp³-hybridized carbons (Fsp3) is 0.462. The summed E-state index contributed by atoms with van der Waals surface area (Å²) in [5.41, 5.74) is 1.01. The van der Waals surface area contributed by atoms with E-state index in [1.807, 2.05) is 30.3 Å². The Hall–Kier alpha value is -1.11. The normalized spacial score (nSPS) is 15.8. The van der Waals surface area contributed by atoms with Gasteiger partial charge in [0, 0.05) is 10.7 Å². The number of piperidine rings is 1. The quantitative estimate of drug-likeness (QED) is 0.675. The van der Waals surface area contributed by atoms with Gasteiger partial charge in [-0.15, -0.1) is 0 Å². The van der Waals surface area contributed by atoms with E-state index in [0.717, 1.165) is 18.7 Å². The summed E-state index contributed by atoms with van der Waals surface area (Å²) in [7, 11) is 1.86. The van der Waals surface area contributed by atoms with Crippen molar-refractivity contribution in [2.75, 3.05) is 13.1 Å². The molecule has 0 aromatic heterocycles. The van der Waals surface area contributed by atoms with Crippen LogP contribution in [0.15, 0.2) is 30.3 Å². The zero-order valence-electron chi connectivity index (χ0n) is 11.0. The van der Waals surface area contributed by atoms with Gasteiger partial charge in [0.25, 0.3) is 6.47 Å². The number of ether oxygens (including phenoxy) is 1. The Bertz CT molecular complexity index is 486. The molecule has 1 aliphatic heterocycles. The van der Waals surface area contributed by atoms with Gasteiger partial charge < -0.3 is 10.1 Å². The molecule has 1 heterocycles. The molecule has 0 unspecified atom stereocenters. The number of nitrogens with one attached hydrogen (secondary N) is 1. The van der Waals surface area contributed by atoms with E-state index in [1.54, 1.807) is 0 Å². The predicted molar refractivity (Wildman–Crippen MR) is 78.0 cm³/mol. The molecule has 0 aliphatic carbocycles. The number of hydrogen-bond acceptors (Lipinski definition) is 5. The summed E-state index contributed by atoms with van der Waals surface area (Å²) in [6.45, 7) is 2.34. The van der Waals surface area contributed by atoms with Gasteiger partial charge in [0.15, 0.2) is 0 Å². The lowest BCUT2D eigenvalue weighted by Gasteiger charge is -2.19. The minimum Gasteiger partial charge on any atom is -0.463 e. The fourth-order valence-corrected chi connectivity index (χ4v) is 3.11. The summed E-state index contributed by atoms with van der Waals surface area (Å²) in [6, 6.07) is 9.55. The van der Waals surface area contributed by atoms with E-state index in [0.29, 0.717) is 25.9 Å². The van der Waals surface area contributed by atoms with Crippen LogP contribution in [0.2, 0.25) is 0 Å². The van der Waals surface area contributed by atoms with E-state index >= 15 is 0 Å². The van der Waals surface area contributed by atoms with Crippen molar-refractivity contribution >= 4 is 26.2 Å². The number of carbonyl (C=O) groups excluding carboxylic acids is 1. The fourth-order valence-electron chi connectivity index (χ4n) is 1.78. The Morgan fingerprint density at radius 2 is 1.85 bits per heavy atom. The molecule has 1 aromatic carbocycles. The van der Waals surface area contributed by atoms with E-state index in [2.05, 4.69) is 10.1 Å². The zero-order valence-corrected chi connectivity index (χ0v) is 12.6.